The van der Waals surface area contributed by atoms with Crippen molar-refractivity contribution in [2.75, 3.05) is 39.2 Å². The molecule has 0 aliphatic carbocycles. The van der Waals surface area contributed by atoms with Crippen LogP contribution in [0, 0.1) is 0 Å². The predicted octanol–water partition coefficient (Wildman–Crippen LogP) is 2.85. The van der Waals surface area contributed by atoms with Crippen molar-refractivity contribution in [1.82, 2.24) is 10.2 Å². The number of carbonyl (C=O) groups excluding carboxylic acids is 2. The molecular weight excluding hydrogens is 354 g/mol. The molecular formula is C22H27N3O3. The monoisotopic (exact) mass is 381 g/mol. The number of methoxy groups -OCH3 is 1. The molecule has 1 saturated heterocycles. The highest BCUT2D eigenvalue weighted by Gasteiger charge is 2.22. The van der Waals surface area contributed by atoms with Gasteiger partial charge in [0.25, 0.3) is 5.91 Å². The van der Waals surface area contributed by atoms with E-state index in [0.29, 0.717) is 18.5 Å². The maximum atomic E-state index is 12.6. The minimum atomic E-state index is -0.131. The lowest BCUT2D eigenvalue weighted by Gasteiger charge is -2.25. The Balaban J connectivity index is 1.65. The second-order valence-corrected chi connectivity index (χ2v) is 7.16. The number of nitrogens with zero attached hydrogens (tertiary/aromatic N) is 2. The van der Waals surface area contributed by atoms with Crippen LogP contribution < -0.4 is 15.0 Å². The Morgan fingerprint density at radius 3 is 2.57 bits per heavy atom. The maximum absolute atomic E-state index is 12.6. The topological polar surface area (TPSA) is 61.9 Å². The molecule has 3 rings (SSSR count). The van der Waals surface area contributed by atoms with E-state index in [1.807, 2.05) is 50.5 Å². The number of hydrogen-bond donors (Lipinski definition) is 1. The molecule has 1 atom stereocenters. The molecule has 2 aromatic carbocycles. The molecule has 0 unspecified atom stereocenters. The first-order valence-electron chi connectivity index (χ1n) is 9.48. The smallest absolute Gasteiger partial charge is 0.251 e. The van der Waals surface area contributed by atoms with Gasteiger partial charge in [0.1, 0.15) is 5.75 Å². The van der Waals surface area contributed by atoms with Crippen molar-refractivity contribution in [3.05, 3.63) is 59.7 Å². The van der Waals surface area contributed by atoms with Gasteiger partial charge >= 0.3 is 0 Å². The first-order chi connectivity index (χ1) is 13.5. The van der Waals surface area contributed by atoms with Crippen LogP contribution in [-0.2, 0) is 4.79 Å². The molecule has 2 amide bonds. The molecule has 1 N–H and O–H groups in total. The second-order valence-electron chi connectivity index (χ2n) is 7.16. The predicted molar refractivity (Wildman–Crippen MR) is 110 cm³/mol. The van der Waals surface area contributed by atoms with Crippen molar-refractivity contribution in [3.63, 3.8) is 0 Å². The van der Waals surface area contributed by atoms with Gasteiger partial charge in [0.2, 0.25) is 5.91 Å². The fraction of sp³-hybridized carbons (Fsp3) is 0.364. The Labute approximate surface area is 166 Å². The Kier molecular flexibility index (Phi) is 6.31. The summed E-state index contributed by atoms with van der Waals surface area (Å²) in [5.41, 5.74) is 2.51. The van der Waals surface area contributed by atoms with Gasteiger partial charge in [-0.15, -0.1) is 0 Å². The summed E-state index contributed by atoms with van der Waals surface area (Å²) in [4.78, 5) is 28.3. The van der Waals surface area contributed by atoms with E-state index in [4.69, 9.17) is 4.74 Å². The number of amides is 2. The zero-order valence-corrected chi connectivity index (χ0v) is 16.6. The average Bonchev–Trinajstić information content (AvgIpc) is 3.14. The van der Waals surface area contributed by atoms with Gasteiger partial charge in [-0.05, 0) is 62.5 Å². The van der Waals surface area contributed by atoms with E-state index in [9.17, 15) is 9.59 Å². The highest BCUT2D eigenvalue weighted by atomic mass is 16.5. The molecule has 1 aliphatic rings. The average molecular weight is 381 g/mol. The number of likely N-dealkylation sites (N-methyl/N-ethyl adjacent to an activating group) is 1. The van der Waals surface area contributed by atoms with Crippen molar-refractivity contribution in [2.24, 2.45) is 0 Å². The minimum Gasteiger partial charge on any atom is -0.497 e. The first kappa shape index (κ1) is 19.9. The SMILES string of the molecule is COc1cccc([C@H](CNC(=O)c2ccc(N3CCCC3=O)cc2)N(C)C)c1. The normalized spacial score (nSPS) is 15.0. The molecule has 6 nitrogen and oxygen atoms in total. The molecule has 1 fully saturated rings. The van der Waals surface area contributed by atoms with E-state index in [0.717, 1.165) is 30.0 Å². The molecule has 2 aromatic rings. The lowest BCUT2D eigenvalue weighted by molar-refractivity contribution is -0.117. The highest BCUT2D eigenvalue weighted by molar-refractivity contribution is 5.97. The third-order valence-corrected chi connectivity index (χ3v) is 5.07. The van der Waals surface area contributed by atoms with Crippen LogP contribution >= 0.6 is 0 Å². The summed E-state index contributed by atoms with van der Waals surface area (Å²) < 4.78 is 5.31. The number of benzene rings is 2. The van der Waals surface area contributed by atoms with Crippen molar-refractivity contribution in [1.29, 1.82) is 0 Å². The number of rotatable bonds is 7. The van der Waals surface area contributed by atoms with Gasteiger partial charge in [0.15, 0.2) is 0 Å². The molecule has 0 saturated carbocycles. The van der Waals surface area contributed by atoms with Crippen LogP contribution in [0.5, 0.6) is 5.75 Å². The Hall–Kier alpha value is -2.86. The third kappa shape index (κ3) is 4.51. The van der Waals surface area contributed by atoms with Crippen molar-refractivity contribution in [2.45, 2.75) is 18.9 Å². The van der Waals surface area contributed by atoms with Crippen LogP contribution in [0.4, 0.5) is 5.69 Å². The van der Waals surface area contributed by atoms with Crippen LogP contribution in [0.1, 0.15) is 34.8 Å². The van der Waals surface area contributed by atoms with Crippen LogP contribution in [0.2, 0.25) is 0 Å². The molecule has 0 bridgehead atoms. The Bertz CT molecular complexity index is 833. The molecule has 1 heterocycles. The van der Waals surface area contributed by atoms with Crippen molar-refractivity contribution < 1.29 is 14.3 Å². The molecule has 1 aliphatic heterocycles. The van der Waals surface area contributed by atoms with Gasteiger partial charge in [0.05, 0.1) is 13.2 Å². The quantitative estimate of drug-likeness (QED) is 0.801. The van der Waals surface area contributed by atoms with Gasteiger partial charge in [-0.2, -0.15) is 0 Å². The Morgan fingerprint density at radius 1 is 1.21 bits per heavy atom. The maximum Gasteiger partial charge on any atom is 0.251 e. The van der Waals surface area contributed by atoms with Gasteiger partial charge in [-0.1, -0.05) is 12.1 Å². The minimum absolute atomic E-state index is 0.0283. The van der Waals surface area contributed by atoms with E-state index in [-0.39, 0.29) is 17.9 Å². The van der Waals surface area contributed by atoms with E-state index in [1.165, 1.54) is 0 Å². The fourth-order valence-electron chi connectivity index (χ4n) is 3.45. The molecule has 0 aromatic heterocycles. The van der Waals surface area contributed by atoms with Gasteiger partial charge in [-0.3, -0.25) is 9.59 Å². The number of nitrogens with one attached hydrogen (secondary N) is 1. The standard InChI is InChI=1S/C22H27N3O3/c1-24(2)20(17-6-4-7-19(14-17)28-3)15-23-22(27)16-9-11-18(12-10-16)25-13-5-8-21(25)26/h4,6-7,9-12,14,20H,5,8,13,15H2,1-3H3,(H,23,27)/t20-/m0/s1. The van der Waals surface area contributed by atoms with Gasteiger partial charge in [-0.25, -0.2) is 0 Å². The lowest BCUT2D eigenvalue weighted by atomic mass is 10.1. The summed E-state index contributed by atoms with van der Waals surface area (Å²) in [6.07, 6.45) is 1.48. The summed E-state index contributed by atoms with van der Waals surface area (Å²) in [7, 11) is 5.61. The van der Waals surface area contributed by atoms with Crippen molar-refractivity contribution >= 4 is 17.5 Å². The van der Waals surface area contributed by atoms with E-state index < -0.39 is 0 Å². The lowest BCUT2D eigenvalue weighted by Crippen LogP contribution is -2.34. The zero-order chi connectivity index (χ0) is 20.1. The zero-order valence-electron chi connectivity index (χ0n) is 16.6. The highest BCUT2D eigenvalue weighted by Crippen LogP contribution is 2.23. The van der Waals surface area contributed by atoms with Crippen LogP contribution in [0.15, 0.2) is 48.5 Å². The molecule has 28 heavy (non-hydrogen) atoms. The summed E-state index contributed by atoms with van der Waals surface area (Å²) in [5.74, 6) is 0.807. The molecule has 6 heteroatoms. The van der Waals surface area contributed by atoms with E-state index in [2.05, 4.69) is 10.2 Å². The van der Waals surface area contributed by atoms with Crippen LogP contribution in [0.25, 0.3) is 0 Å². The summed E-state index contributed by atoms with van der Waals surface area (Å²) in [6.45, 7) is 1.22. The van der Waals surface area contributed by atoms with Crippen molar-refractivity contribution in [3.8, 4) is 5.75 Å². The third-order valence-electron chi connectivity index (χ3n) is 5.07. The second kappa shape index (κ2) is 8.89. The summed E-state index contributed by atoms with van der Waals surface area (Å²) >= 11 is 0. The molecule has 148 valence electrons. The number of hydrogen-bond acceptors (Lipinski definition) is 4. The van der Waals surface area contributed by atoms with Gasteiger partial charge < -0.3 is 19.9 Å². The fourth-order valence-corrected chi connectivity index (χ4v) is 3.45. The van der Waals surface area contributed by atoms with Crippen LogP contribution in [0.3, 0.4) is 0 Å². The summed E-state index contributed by atoms with van der Waals surface area (Å²) in [5, 5.41) is 3.01. The number of carbonyl (C=O) groups is 2. The van der Waals surface area contributed by atoms with Crippen LogP contribution in [-0.4, -0.2) is 51.0 Å². The number of anilines is 1. The molecule has 0 spiro atoms. The van der Waals surface area contributed by atoms with Gasteiger partial charge in [0, 0.05) is 30.8 Å². The first-order valence-corrected chi connectivity index (χ1v) is 9.48. The van der Waals surface area contributed by atoms with E-state index >= 15 is 0 Å². The van der Waals surface area contributed by atoms with E-state index in [1.54, 1.807) is 24.1 Å². The molecule has 0 radical (unpaired) electrons. The summed E-state index contributed by atoms with van der Waals surface area (Å²) in [6, 6.07) is 15.1. The Morgan fingerprint density at radius 2 is 1.96 bits per heavy atom. The largest absolute Gasteiger partial charge is 0.497 e. The number of ether oxygens (including phenoxy) is 1.